The van der Waals surface area contributed by atoms with Crippen LogP contribution in [0.3, 0.4) is 0 Å². The van der Waals surface area contributed by atoms with E-state index in [4.69, 9.17) is 11.6 Å². The Kier molecular flexibility index (Phi) is 5.69. The fourth-order valence-corrected chi connectivity index (χ4v) is 4.50. The first-order valence-corrected chi connectivity index (χ1v) is 10.5. The summed E-state index contributed by atoms with van der Waals surface area (Å²) in [4.78, 5) is 18.1. The third kappa shape index (κ3) is 3.80. The largest absolute Gasteiger partial charge is 0.361 e. The van der Waals surface area contributed by atoms with Crippen molar-refractivity contribution in [2.75, 3.05) is 19.6 Å². The van der Waals surface area contributed by atoms with Crippen LogP contribution in [0.2, 0.25) is 5.02 Å². The number of aromatic amines is 1. The number of rotatable bonds is 6. The molecule has 146 valence electrons. The summed E-state index contributed by atoms with van der Waals surface area (Å²) in [6, 6.07) is 16.3. The van der Waals surface area contributed by atoms with Gasteiger partial charge in [-0.2, -0.15) is 0 Å². The van der Waals surface area contributed by atoms with Crippen LogP contribution >= 0.6 is 11.6 Å². The average Bonchev–Trinajstić information content (AvgIpc) is 3.39. The van der Waals surface area contributed by atoms with Crippen LogP contribution in [0.25, 0.3) is 10.9 Å². The number of hydrogen-bond donors (Lipinski definition) is 2. The molecule has 0 bridgehead atoms. The zero-order chi connectivity index (χ0) is 19.5. The smallest absolute Gasteiger partial charge is 0.280 e. The summed E-state index contributed by atoms with van der Waals surface area (Å²) in [7, 11) is 0. The van der Waals surface area contributed by atoms with Crippen LogP contribution < -0.4 is 5.32 Å². The first-order valence-electron chi connectivity index (χ1n) is 10.1. The molecule has 5 heteroatoms. The van der Waals surface area contributed by atoms with Crippen LogP contribution in [-0.4, -0.2) is 41.5 Å². The number of likely N-dealkylation sites (tertiary alicyclic amines) is 1. The minimum Gasteiger partial charge on any atom is -0.361 e. The molecule has 1 aliphatic heterocycles. The summed E-state index contributed by atoms with van der Waals surface area (Å²) in [5.74, 6) is 0.355. The Morgan fingerprint density at radius 1 is 1.11 bits per heavy atom. The number of carbonyl (C=O) groups is 1. The molecule has 2 atom stereocenters. The van der Waals surface area contributed by atoms with Crippen molar-refractivity contribution in [3.63, 3.8) is 0 Å². The van der Waals surface area contributed by atoms with E-state index < -0.39 is 0 Å². The zero-order valence-electron chi connectivity index (χ0n) is 16.2. The van der Waals surface area contributed by atoms with E-state index in [-0.39, 0.29) is 17.9 Å². The number of carbonyl (C=O) groups excluding carboxylic acids is 1. The summed E-state index contributed by atoms with van der Waals surface area (Å²) in [5.41, 5.74) is 3.45. The molecular weight excluding hydrogens is 370 g/mol. The highest BCUT2D eigenvalue weighted by Crippen LogP contribution is 2.33. The summed E-state index contributed by atoms with van der Waals surface area (Å²) in [5, 5.41) is 4.14. The second kappa shape index (κ2) is 8.38. The third-order valence-electron chi connectivity index (χ3n) is 5.81. The van der Waals surface area contributed by atoms with E-state index in [1.807, 2.05) is 36.1 Å². The number of para-hydroxylation sites is 1. The number of H-pyrrole nitrogens is 1. The van der Waals surface area contributed by atoms with Crippen molar-refractivity contribution < 1.29 is 10.1 Å². The molecule has 1 aromatic heterocycles. The molecule has 1 fully saturated rings. The van der Waals surface area contributed by atoms with Gasteiger partial charge in [-0.1, -0.05) is 48.0 Å². The van der Waals surface area contributed by atoms with E-state index in [0.29, 0.717) is 0 Å². The summed E-state index contributed by atoms with van der Waals surface area (Å²) < 4.78 is 0. The number of amides is 1. The predicted molar refractivity (Wildman–Crippen MR) is 114 cm³/mol. The van der Waals surface area contributed by atoms with Gasteiger partial charge in [-0.3, -0.25) is 4.79 Å². The van der Waals surface area contributed by atoms with E-state index in [1.54, 1.807) is 0 Å². The summed E-state index contributed by atoms with van der Waals surface area (Å²) in [6.45, 7) is 4.58. The molecule has 28 heavy (non-hydrogen) atoms. The van der Waals surface area contributed by atoms with Gasteiger partial charge in [0.05, 0.1) is 12.5 Å². The first kappa shape index (κ1) is 19.0. The van der Waals surface area contributed by atoms with Crippen molar-refractivity contribution in [3.05, 3.63) is 70.9 Å². The van der Waals surface area contributed by atoms with Crippen LogP contribution in [0.1, 0.15) is 36.8 Å². The molecule has 1 amide bonds. The number of fused-ring (bicyclic) bond motifs is 1. The molecule has 0 aliphatic carbocycles. The minimum absolute atomic E-state index is 0.0895. The fourth-order valence-electron chi connectivity index (χ4n) is 4.23. The van der Waals surface area contributed by atoms with E-state index in [2.05, 4.69) is 40.8 Å². The monoisotopic (exact) mass is 396 g/mol. The number of halogens is 1. The molecule has 4 nitrogen and oxygen atoms in total. The Labute approximate surface area is 170 Å². The fraction of sp³-hybridized carbons (Fsp3) is 0.348. The first-order chi connectivity index (χ1) is 13.6. The molecule has 0 radical (unpaired) electrons. The Hall–Kier alpha value is -2.30. The number of nitrogens with two attached hydrogens (primary N) is 1. The molecule has 0 spiro atoms. The van der Waals surface area contributed by atoms with Gasteiger partial charge in [0.25, 0.3) is 5.91 Å². The van der Waals surface area contributed by atoms with Gasteiger partial charge in [-0.15, -0.1) is 0 Å². The molecule has 1 aliphatic rings. The lowest BCUT2D eigenvalue weighted by molar-refractivity contribution is -0.675. The van der Waals surface area contributed by atoms with E-state index >= 15 is 0 Å². The van der Waals surface area contributed by atoms with Gasteiger partial charge >= 0.3 is 0 Å². The SMILES string of the molecule is C[C@H]([NH2+]C[C@@H](c1ccccc1Cl)c1c[nH]c2ccccc12)C(=O)N1CCCC1. The molecule has 2 heterocycles. The van der Waals surface area contributed by atoms with Gasteiger partial charge in [0.15, 0.2) is 6.04 Å². The molecule has 0 unspecified atom stereocenters. The van der Waals surface area contributed by atoms with Gasteiger partial charge < -0.3 is 15.2 Å². The van der Waals surface area contributed by atoms with Crippen molar-refractivity contribution in [3.8, 4) is 0 Å². The van der Waals surface area contributed by atoms with Crippen LogP contribution in [-0.2, 0) is 4.79 Å². The normalized spacial score (nSPS) is 16.4. The number of quaternary nitrogens is 1. The summed E-state index contributed by atoms with van der Waals surface area (Å²) in [6.07, 6.45) is 4.32. The van der Waals surface area contributed by atoms with Gasteiger partial charge in [-0.25, -0.2) is 0 Å². The van der Waals surface area contributed by atoms with Gasteiger partial charge in [0.1, 0.15) is 0 Å². The lowest BCUT2D eigenvalue weighted by atomic mass is 9.90. The number of benzene rings is 2. The Balaban J connectivity index is 1.60. The number of aromatic nitrogens is 1. The van der Waals surface area contributed by atoms with Crippen LogP contribution in [0.5, 0.6) is 0 Å². The molecule has 2 aromatic carbocycles. The second-order valence-corrected chi connectivity index (χ2v) is 8.06. The van der Waals surface area contributed by atoms with Crippen LogP contribution in [0.4, 0.5) is 0 Å². The Morgan fingerprint density at radius 3 is 2.61 bits per heavy atom. The van der Waals surface area contributed by atoms with Crippen molar-refractivity contribution >= 4 is 28.4 Å². The van der Waals surface area contributed by atoms with E-state index in [9.17, 15) is 4.79 Å². The lowest BCUT2D eigenvalue weighted by Gasteiger charge is -2.22. The Bertz CT molecular complexity index is 961. The molecule has 1 saturated heterocycles. The maximum atomic E-state index is 12.7. The van der Waals surface area contributed by atoms with Gasteiger partial charge in [0.2, 0.25) is 0 Å². The highest BCUT2D eigenvalue weighted by Gasteiger charge is 2.28. The van der Waals surface area contributed by atoms with Crippen molar-refractivity contribution in [2.45, 2.75) is 31.7 Å². The molecule has 0 saturated carbocycles. The van der Waals surface area contributed by atoms with Crippen molar-refractivity contribution in [1.82, 2.24) is 9.88 Å². The van der Waals surface area contributed by atoms with Crippen LogP contribution in [0, 0.1) is 0 Å². The maximum Gasteiger partial charge on any atom is 0.280 e. The highest BCUT2D eigenvalue weighted by molar-refractivity contribution is 6.31. The van der Waals surface area contributed by atoms with Crippen molar-refractivity contribution in [1.29, 1.82) is 0 Å². The molecule has 3 N–H and O–H groups in total. The maximum absolute atomic E-state index is 12.7. The standard InChI is InChI=1S/C23H26ClN3O/c1-16(23(28)27-12-6-7-13-27)25-14-19(17-8-2-4-10-21(17)24)20-15-26-22-11-5-3-9-18(20)22/h2-5,8-11,15-16,19,25-26H,6-7,12-14H2,1H3/p+1/t16-,19-/m0/s1. The Morgan fingerprint density at radius 2 is 1.82 bits per heavy atom. The molecular formula is C23H27ClN3O+. The lowest BCUT2D eigenvalue weighted by Crippen LogP contribution is -2.92. The highest BCUT2D eigenvalue weighted by atomic mass is 35.5. The quantitative estimate of drug-likeness (QED) is 0.658. The average molecular weight is 397 g/mol. The van der Waals surface area contributed by atoms with Gasteiger partial charge in [0, 0.05) is 35.2 Å². The second-order valence-electron chi connectivity index (χ2n) is 7.66. The molecule has 4 rings (SSSR count). The van der Waals surface area contributed by atoms with Crippen molar-refractivity contribution in [2.24, 2.45) is 0 Å². The zero-order valence-corrected chi connectivity index (χ0v) is 17.0. The summed E-state index contributed by atoms with van der Waals surface area (Å²) >= 11 is 6.57. The number of nitrogens with one attached hydrogen (secondary N) is 1. The third-order valence-corrected chi connectivity index (χ3v) is 6.15. The number of nitrogens with zero attached hydrogens (tertiary/aromatic N) is 1. The van der Waals surface area contributed by atoms with E-state index in [0.717, 1.165) is 48.6 Å². The minimum atomic E-state index is -0.0895. The van der Waals surface area contributed by atoms with Gasteiger partial charge in [-0.05, 0) is 43.0 Å². The predicted octanol–water partition coefficient (Wildman–Crippen LogP) is 3.53. The van der Waals surface area contributed by atoms with E-state index in [1.165, 1.54) is 10.9 Å². The number of hydrogen-bond acceptors (Lipinski definition) is 1. The van der Waals surface area contributed by atoms with Crippen LogP contribution in [0.15, 0.2) is 54.7 Å². The molecule has 3 aromatic rings. The topological polar surface area (TPSA) is 52.7 Å².